The van der Waals surface area contributed by atoms with Gasteiger partial charge < -0.3 is 19.8 Å². The molecule has 0 bridgehead atoms. The minimum Gasteiger partial charge on any atom is -0.464 e. The van der Waals surface area contributed by atoms with Crippen LogP contribution in [0.15, 0.2) is 59.5 Å². The van der Waals surface area contributed by atoms with E-state index in [2.05, 4.69) is 10.3 Å². The van der Waals surface area contributed by atoms with Gasteiger partial charge in [0.25, 0.3) is 0 Å². The smallest absolute Gasteiger partial charge is 0.464 e. The van der Waals surface area contributed by atoms with E-state index in [-0.39, 0.29) is 31.2 Å². The molecule has 3 N–H and O–H groups in total. The lowest BCUT2D eigenvalue weighted by molar-refractivity contribution is -0.121. The number of nitrogens with one attached hydrogen (secondary N) is 1. The monoisotopic (exact) mass is 374 g/mol. The van der Waals surface area contributed by atoms with Gasteiger partial charge >= 0.3 is 7.12 Å². The van der Waals surface area contributed by atoms with Gasteiger partial charge in [0.1, 0.15) is 5.58 Å². The summed E-state index contributed by atoms with van der Waals surface area (Å²) in [6.45, 7) is 0. The van der Waals surface area contributed by atoms with Gasteiger partial charge in [0.05, 0.1) is 12.2 Å². The van der Waals surface area contributed by atoms with Crippen LogP contribution in [0.4, 0.5) is 0 Å². The maximum Gasteiger partial charge on any atom is 0.475 e. The predicted molar refractivity (Wildman–Crippen MR) is 102 cm³/mol. The first-order valence-electron chi connectivity index (χ1n) is 8.13. The van der Waals surface area contributed by atoms with E-state index >= 15 is 0 Å². The lowest BCUT2D eigenvalue weighted by atomic mass is 9.76. The number of aromatic nitrogens is 1. The molecule has 0 unspecified atom stereocenters. The maximum absolute atomic E-state index is 12.2. The summed E-state index contributed by atoms with van der Waals surface area (Å²) >= 11 is 0. The van der Waals surface area contributed by atoms with Gasteiger partial charge in [-0.1, -0.05) is 18.2 Å². The van der Waals surface area contributed by atoms with Gasteiger partial charge in [0.2, 0.25) is 5.91 Å². The summed E-state index contributed by atoms with van der Waals surface area (Å²) in [5, 5.41) is 22.8. The highest BCUT2D eigenvalue weighted by atomic mass is 35.5. The zero-order chi connectivity index (χ0) is 17.6. The fraction of sp³-hybridized carbons (Fsp3) is 0.222. The summed E-state index contributed by atoms with van der Waals surface area (Å²) in [6.07, 6.45) is 6.05. The molecule has 0 saturated heterocycles. The second kappa shape index (κ2) is 9.38. The minimum absolute atomic E-state index is 0. The van der Waals surface area contributed by atoms with Crippen LogP contribution in [-0.4, -0.2) is 34.0 Å². The lowest BCUT2D eigenvalue weighted by Crippen LogP contribution is -2.47. The molecule has 0 aliphatic carbocycles. The Labute approximate surface area is 157 Å². The number of carbonyl (C=O) groups excluding carboxylic acids is 1. The second-order valence-corrected chi connectivity index (χ2v) is 5.90. The third kappa shape index (κ3) is 5.08. The number of para-hydroxylation sites is 1. The van der Waals surface area contributed by atoms with Gasteiger partial charge in [0, 0.05) is 24.2 Å². The Kier molecular flexibility index (Phi) is 7.21. The summed E-state index contributed by atoms with van der Waals surface area (Å²) in [4.78, 5) is 16.1. The van der Waals surface area contributed by atoms with Gasteiger partial charge in [-0.05, 0) is 42.2 Å². The second-order valence-electron chi connectivity index (χ2n) is 5.90. The normalized spacial score (nSPS) is 11.6. The molecule has 136 valence electrons. The van der Waals surface area contributed by atoms with E-state index in [4.69, 9.17) is 4.42 Å². The first-order chi connectivity index (χ1) is 12.1. The third-order valence-electron chi connectivity index (χ3n) is 4.10. The molecule has 0 radical (unpaired) electrons. The SMILES string of the molecule is Cl.O=C(CCc1ccncc1)N[C@@H](Cc1coc2ccccc12)B(O)O. The zero-order valence-corrected chi connectivity index (χ0v) is 14.9. The summed E-state index contributed by atoms with van der Waals surface area (Å²) in [6, 6.07) is 11.2. The molecule has 0 aliphatic heterocycles. The molecule has 2 heterocycles. The molecule has 0 spiro atoms. The number of hydrogen-bond acceptors (Lipinski definition) is 5. The summed E-state index contributed by atoms with van der Waals surface area (Å²) in [5.41, 5.74) is 2.56. The number of fused-ring (bicyclic) bond motifs is 1. The third-order valence-corrected chi connectivity index (χ3v) is 4.10. The van der Waals surface area contributed by atoms with Crippen LogP contribution in [0.5, 0.6) is 0 Å². The molecule has 3 aromatic rings. The number of furan rings is 1. The molecule has 0 fully saturated rings. The molecule has 2 aromatic heterocycles. The van der Waals surface area contributed by atoms with E-state index in [1.807, 2.05) is 36.4 Å². The molecule has 26 heavy (non-hydrogen) atoms. The van der Waals surface area contributed by atoms with Crippen LogP contribution in [0.2, 0.25) is 0 Å². The average molecular weight is 375 g/mol. The van der Waals surface area contributed by atoms with Crippen molar-refractivity contribution in [2.45, 2.75) is 25.2 Å². The molecule has 6 nitrogen and oxygen atoms in total. The first-order valence-corrected chi connectivity index (χ1v) is 8.13. The number of rotatable bonds is 7. The molecule has 1 amide bonds. The van der Waals surface area contributed by atoms with Crippen molar-refractivity contribution in [1.82, 2.24) is 10.3 Å². The Morgan fingerprint density at radius 2 is 1.92 bits per heavy atom. The lowest BCUT2D eigenvalue weighted by Gasteiger charge is -2.17. The molecule has 1 atom stereocenters. The van der Waals surface area contributed by atoms with E-state index < -0.39 is 13.1 Å². The van der Waals surface area contributed by atoms with Crippen LogP contribution in [0.1, 0.15) is 17.5 Å². The maximum atomic E-state index is 12.2. The molecule has 8 heteroatoms. The van der Waals surface area contributed by atoms with Gasteiger partial charge in [-0.25, -0.2) is 0 Å². The van der Waals surface area contributed by atoms with Crippen molar-refractivity contribution in [2.75, 3.05) is 0 Å². The largest absolute Gasteiger partial charge is 0.475 e. The van der Waals surface area contributed by atoms with Crippen molar-refractivity contribution in [1.29, 1.82) is 0 Å². The van der Waals surface area contributed by atoms with Crippen LogP contribution in [0.3, 0.4) is 0 Å². The van der Waals surface area contributed by atoms with Crippen molar-refractivity contribution < 1.29 is 19.3 Å². The predicted octanol–water partition coefficient (Wildman–Crippen LogP) is 1.92. The fourth-order valence-corrected chi connectivity index (χ4v) is 2.75. The number of benzene rings is 1. The van der Waals surface area contributed by atoms with Gasteiger partial charge in [-0.3, -0.25) is 9.78 Å². The number of pyridine rings is 1. The summed E-state index contributed by atoms with van der Waals surface area (Å²) in [5.74, 6) is -1.03. The van der Waals surface area contributed by atoms with E-state index in [0.29, 0.717) is 6.42 Å². The first kappa shape index (κ1) is 20.0. The standard InChI is InChI=1S/C18H19BN2O4.ClH/c22-18(6-5-13-7-9-20-10-8-13)21-17(19(23)24)11-14-12-25-16-4-2-1-3-15(14)16;/h1-4,7-10,12,17,23-24H,5-6,11H2,(H,21,22);1H/t17-;/m0./s1. The molecule has 3 rings (SSSR count). The zero-order valence-electron chi connectivity index (χ0n) is 14.0. The Morgan fingerprint density at radius 1 is 1.19 bits per heavy atom. The number of amides is 1. The van der Waals surface area contributed by atoms with E-state index in [1.54, 1.807) is 18.7 Å². The van der Waals surface area contributed by atoms with Crippen LogP contribution in [-0.2, 0) is 17.6 Å². The highest BCUT2D eigenvalue weighted by Crippen LogP contribution is 2.22. The summed E-state index contributed by atoms with van der Waals surface area (Å²) in [7, 11) is -1.65. The number of nitrogens with zero attached hydrogens (tertiary/aromatic N) is 1. The quantitative estimate of drug-likeness (QED) is 0.549. The Bertz CT molecular complexity index is 841. The van der Waals surface area contributed by atoms with Crippen LogP contribution in [0.25, 0.3) is 11.0 Å². The van der Waals surface area contributed by atoms with E-state index in [0.717, 1.165) is 22.1 Å². The molecular weight excluding hydrogens is 354 g/mol. The highest BCUT2D eigenvalue weighted by molar-refractivity contribution is 6.43. The molecule has 0 saturated carbocycles. The fourth-order valence-electron chi connectivity index (χ4n) is 2.75. The van der Waals surface area contributed by atoms with Gasteiger partial charge in [-0.2, -0.15) is 0 Å². The molecular formula is C18H20BClN2O4. The van der Waals surface area contributed by atoms with Crippen molar-refractivity contribution in [3.63, 3.8) is 0 Å². The number of halogens is 1. The highest BCUT2D eigenvalue weighted by Gasteiger charge is 2.26. The average Bonchev–Trinajstić information content (AvgIpc) is 3.03. The number of hydrogen-bond donors (Lipinski definition) is 3. The van der Waals surface area contributed by atoms with Gasteiger partial charge in [-0.15, -0.1) is 12.4 Å². The van der Waals surface area contributed by atoms with Crippen molar-refractivity contribution in [3.05, 3.63) is 66.2 Å². The van der Waals surface area contributed by atoms with E-state index in [1.165, 1.54) is 0 Å². The minimum atomic E-state index is -1.65. The van der Waals surface area contributed by atoms with Crippen molar-refractivity contribution in [2.24, 2.45) is 0 Å². The number of aryl methyl sites for hydroxylation is 1. The van der Waals surface area contributed by atoms with Crippen LogP contribution < -0.4 is 5.32 Å². The molecule has 0 aliphatic rings. The summed E-state index contributed by atoms with van der Waals surface area (Å²) < 4.78 is 5.46. The Morgan fingerprint density at radius 3 is 2.65 bits per heavy atom. The van der Waals surface area contributed by atoms with Crippen molar-refractivity contribution in [3.8, 4) is 0 Å². The number of carbonyl (C=O) groups is 1. The van der Waals surface area contributed by atoms with Crippen molar-refractivity contribution >= 4 is 36.4 Å². The van der Waals surface area contributed by atoms with Gasteiger partial charge in [0.15, 0.2) is 0 Å². The molecule has 1 aromatic carbocycles. The van der Waals surface area contributed by atoms with Crippen LogP contribution >= 0.6 is 12.4 Å². The topological polar surface area (TPSA) is 95.6 Å². The van der Waals surface area contributed by atoms with E-state index in [9.17, 15) is 14.8 Å². The Balaban J connectivity index is 0.00000243. The Hall–Kier alpha value is -2.35. The van der Waals surface area contributed by atoms with Crippen LogP contribution in [0, 0.1) is 0 Å².